The summed E-state index contributed by atoms with van der Waals surface area (Å²) in [6.45, 7) is 1.83. The first kappa shape index (κ1) is 8.68. The monoisotopic (exact) mass is 191 g/mol. The van der Waals surface area contributed by atoms with Gasteiger partial charge in [-0.2, -0.15) is 0 Å². The molecule has 0 spiro atoms. The summed E-state index contributed by atoms with van der Waals surface area (Å²) in [4.78, 5) is 18.9. The molecule has 0 bridgehead atoms. The maximum Gasteiger partial charge on any atom is 0.339 e. The molecule has 2 rings (SSSR count). The van der Waals surface area contributed by atoms with Crippen LogP contribution >= 0.6 is 0 Å². The van der Waals surface area contributed by atoms with Gasteiger partial charge in [-0.05, 0) is 6.92 Å². The topological polar surface area (TPSA) is 68.0 Å². The molecule has 0 atom stereocenters. The lowest BCUT2D eigenvalue weighted by molar-refractivity contribution is 0.0698. The molecule has 5 nitrogen and oxygen atoms in total. The summed E-state index contributed by atoms with van der Waals surface area (Å²) >= 11 is 0. The molecule has 14 heavy (non-hydrogen) atoms. The number of aryl methyl sites for hydroxylation is 2. The fourth-order valence-electron chi connectivity index (χ4n) is 1.44. The summed E-state index contributed by atoms with van der Waals surface area (Å²) in [5, 5.41) is 8.94. The zero-order chi connectivity index (χ0) is 10.3. The summed E-state index contributed by atoms with van der Waals surface area (Å²) < 4.78 is 1.75. The summed E-state index contributed by atoms with van der Waals surface area (Å²) in [7, 11) is 1.79. The number of nitrogens with zero attached hydrogens (tertiary/aromatic N) is 3. The van der Waals surface area contributed by atoms with Crippen molar-refractivity contribution in [2.75, 3.05) is 0 Å². The molecule has 0 unspecified atom stereocenters. The third-order valence-electron chi connectivity index (χ3n) is 2.23. The average molecular weight is 191 g/mol. The molecule has 0 radical (unpaired) electrons. The Morgan fingerprint density at radius 1 is 1.50 bits per heavy atom. The van der Waals surface area contributed by atoms with Crippen LogP contribution in [0, 0.1) is 6.92 Å². The molecule has 2 aromatic heterocycles. The third-order valence-corrected chi connectivity index (χ3v) is 2.23. The number of fused-ring (bicyclic) bond motifs is 1. The Morgan fingerprint density at radius 2 is 2.21 bits per heavy atom. The van der Waals surface area contributed by atoms with Crippen molar-refractivity contribution in [2.45, 2.75) is 6.92 Å². The molecule has 1 N–H and O–H groups in total. The third kappa shape index (κ3) is 1.06. The van der Waals surface area contributed by atoms with Crippen LogP contribution in [0.1, 0.15) is 16.2 Å². The molecule has 2 aromatic rings. The molecule has 2 heterocycles. The van der Waals surface area contributed by atoms with E-state index in [0.717, 1.165) is 5.82 Å². The van der Waals surface area contributed by atoms with Gasteiger partial charge in [0.25, 0.3) is 0 Å². The van der Waals surface area contributed by atoms with Crippen molar-refractivity contribution in [1.29, 1.82) is 0 Å². The quantitative estimate of drug-likeness (QED) is 0.729. The van der Waals surface area contributed by atoms with Gasteiger partial charge in [0.2, 0.25) is 0 Å². The van der Waals surface area contributed by atoms with E-state index in [2.05, 4.69) is 9.97 Å². The molecule has 0 saturated carbocycles. The Labute approximate surface area is 80.0 Å². The van der Waals surface area contributed by atoms with Gasteiger partial charge in [-0.3, -0.25) is 4.98 Å². The smallest absolute Gasteiger partial charge is 0.339 e. The van der Waals surface area contributed by atoms with Crippen LogP contribution in [0.2, 0.25) is 0 Å². The van der Waals surface area contributed by atoms with Gasteiger partial charge in [-0.15, -0.1) is 0 Å². The van der Waals surface area contributed by atoms with Crippen molar-refractivity contribution >= 4 is 17.0 Å². The van der Waals surface area contributed by atoms with Crippen molar-refractivity contribution in [2.24, 2.45) is 7.05 Å². The van der Waals surface area contributed by atoms with E-state index in [1.54, 1.807) is 17.8 Å². The number of imidazole rings is 1. The minimum absolute atomic E-state index is 0.186. The van der Waals surface area contributed by atoms with Gasteiger partial charge in [0.15, 0.2) is 0 Å². The standard InChI is InChI=1S/C9H9N3O2/c1-5-11-7-4-10-3-6(9(13)14)8(7)12(5)2/h3-4H,1-2H3,(H,13,14). The summed E-state index contributed by atoms with van der Waals surface area (Å²) in [6.07, 6.45) is 2.90. The fraction of sp³-hybridized carbons (Fsp3) is 0.222. The van der Waals surface area contributed by atoms with Gasteiger partial charge >= 0.3 is 5.97 Å². The van der Waals surface area contributed by atoms with Crippen LogP contribution in [-0.4, -0.2) is 25.6 Å². The Hall–Kier alpha value is -1.91. The van der Waals surface area contributed by atoms with Crippen LogP contribution < -0.4 is 0 Å². The highest BCUT2D eigenvalue weighted by Crippen LogP contribution is 2.17. The normalized spacial score (nSPS) is 10.7. The lowest BCUT2D eigenvalue weighted by atomic mass is 10.2. The van der Waals surface area contributed by atoms with Crippen molar-refractivity contribution in [3.05, 3.63) is 23.8 Å². The van der Waals surface area contributed by atoms with E-state index in [0.29, 0.717) is 11.0 Å². The van der Waals surface area contributed by atoms with Gasteiger partial charge in [-0.1, -0.05) is 0 Å². The number of rotatable bonds is 1. The van der Waals surface area contributed by atoms with Gasteiger partial charge in [0.1, 0.15) is 16.9 Å². The second kappa shape index (κ2) is 2.80. The zero-order valence-corrected chi connectivity index (χ0v) is 7.85. The van der Waals surface area contributed by atoms with Crippen LogP contribution in [-0.2, 0) is 7.05 Å². The molecule has 0 aliphatic rings. The number of pyridine rings is 1. The minimum atomic E-state index is -0.980. The van der Waals surface area contributed by atoms with E-state index >= 15 is 0 Å². The summed E-state index contributed by atoms with van der Waals surface area (Å²) in [5.74, 6) is -0.207. The molecule has 5 heteroatoms. The highest BCUT2D eigenvalue weighted by atomic mass is 16.4. The van der Waals surface area contributed by atoms with Crippen LogP contribution in [0.3, 0.4) is 0 Å². The highest BCUT2D eigenvalue weighted by molar-refractivity contribution is 6.00. The number of carbonyl (C=O) groups is 1. The molecule has 0 saturated heterocycles. The number of aromatic nitrogens is 3. The zero-order valence-electron chi connectivity index (χ0n) is 7.85. The van der Waals surface area contributed by atoms with Crippen molar-refractivity contribution in [3.8, 4) is 0 Å². The molecule has 72 valence electrons. The van der Waals surface area contributed by atoms with Gasteiger partial charge in [-0.25, -0.2) is 9.78 Å². The maximum absolute atomic E-state index is 10.9. The van der Waals surface area contributed by atoms with Crippen molar-refractivity contribution in [3.63, 3.8) is 0 Å². The van der Waals surface area contributed by atoms with Crippen LogP contribution in [0.15, 0.2) is 12.4 Å². The Morgan fingerprint density at radius 3 is 2.86 bits per heavy atom. The minimum Gasteiger partial charge on any atom is -0.478 e. The first-order valence-corrected chi connectivity index (χ1v) is 4.11. The molecule has 0 aliphatic carbocycles. The number of hydrogen-bond acceptors (Lipinski definition) is 3. The first-order valence-electron chi connectivity index (χ1n) is 4.11. The SMILES string of the molecule is Cc1nc2cncc(C(=O)O)c2n1C. The van der Waals surface area contributed by atoms with Gasteiger partial charge in [0, 0.05) is 13.2 Å². The van der Waals surface area contributed by atoms with E-state index in [-0.39, 0.29) is 5.56 Å². The average Bonchev–Trinajstić information content (AvgIpc) is 2.43. The largest absolute Gasteiger partial charge is 0.478 e. The van der Waals surface area contributed by atoms with E-state index < -0.39 is 5.97 Å². The number of aromatic carboxylic acids is 1. The number of carboxylic acids is 1. The molecule has 0 fully saturated rings. The van der Waals surface area contributed by atoms with Crippen LogP contribution in [0.25, 0.3) is 11.0 Å². The van der Waals surface area contributed by atoms with Crippen LogP contribution in [0.5, 0.6) is 0 Å². The number of carboxylic acid groups (broad SMARTS) is 1. The Bertz CT molecular complexity index is 516. The van der Waals surface area contributed by atoms with Crippen LogP contribution in [0.4, 0.5) is 0 Å². The number of hydrogen-bond donors (Lipinski definition) is 1. The predicted octanol–water partition coefficient (Wildman–Crippen LogP) is 0.975. The lowest BCUT2D eigenvalue weighted by Crippen LogP contribution is -2.01. The summed E-state index contributed by atoms with van der Waals surface area (Å²) in [6, 6.07) is 0. The van der Waals surface area contributed by atoms with Crippen molar-refractivity contribution in [1.82, 2.24) is 14.5 Å². The predicted molar refractivity (Wildman–Crippen MR) is 50.2 cm³/mol. The van der Waals surface area contributed by atoms with E-state index in [1.807, 2.05) is 6.92 Å². The maximum atomic E-state index is 10.9. The molecule has 0 aliphatic heterocycles. The van der Waals surface area contributed by atoms with E-state index in [1.165, 1.54) is 6.20 Å². The Balaban J connectivity index is 2.91. The molecule has 0 aromatic carbocycles. The Kier molecular flexibility index (Phi) is 1.73. The molecule has 0 amide bonds. The second-order valence-electron chi connectivity index (χ2n) is 3.08. The molecular formula is C9H9N3O2. The highest BCUT2D eigenvalue weighted by Gasteiger charge is 2.13. The second-order valence-corrected chi connectivity index (χ2v) is 3.08. The fourth-order valence-corrected chi connectivity index (χ4v) is 1.44. The van der Waals surface area contributed by atoms with Crippen molar-refractivity contribution < 1.29 is 9.90 Å². The molecular weight excluding hydrogens is 182 g/mol. The summed E-state index contributed by atoms with van der Waals surface area (Å²) in [5.41, 5.74) is 1.42. The van der Waals surface area contributed by atoms with E-state index in [9.17, 15) is 4.79 Å². The van der Waals surface area contributed by atoms with E-state index in [4.69, 9.17) is 5.11 Å². The lowest BCUT2D eigenvalue weighted by Gasteiger charge is -1.99. The first-order chi connectivity index (χ1) is 6.61. The van der Waals surface area contributed by atoms with Gasteiger partial charge in [0.05, 0.1) is 11.7 Å². The van der Waals surface area contributed by atoms with Gasteiger partial charge < -0.3 is 9.67 Å².